The van der Waals surface area contributed by atoms with Crippen LogP contribution in [0.15, 0.2) is 30.3 Å². The lowest BCUT2D eigenvalue weighted by Gasteiger charge is -2.19. The summed E-state index contributed by atoms with van der Waals surface area (Å²) in [5.74, 6) is -1.31. The summed E-state index contributed by atoms with van der Waals surface area (Å²) in [5.41, 5.74) is 1.09. The molecule has 0 saturated carbocycles. The van der Waals surface area contributed by atoms with E-state index in [2.05, 4.69) is 0 Å². The molecule has 0 spiro atoms. The minimum absolute atomic E-state index is 0.273. The van der Waals surface area contributed by atoms with Crippen molar-refractivity contribution in [3.8, 4) is 0 Å². The second-order valence-electron chi connectivity index (χ2n) is 3.59. The van der Waals surface area contributed by atoms with Gasteiger partial charge in [-0.1, -0.05) is 30.3 Å². The van der Waals surface area contributed by atoms with Crippen LogP contribution in [-0.4, -0.2) is 24.3 Å². The van der Waals surface area contributed by atoms with Gasteiger partial charge in [-0.05, 0) is 18.9 Å². The minimum Gasteiger partial charge on any atom is -0.481 e. The number of rotatable bonds is 5. The highest BCUT2D eigenvalue weighted by molar-refractivity contribution is 5.70. The van der Waals surface area contributed by atoms with E-state index in [-0.39, 0.29) is 6.10 Å². The molecule has 1 aromatic rings. The molecule has 1 aromatic carbocycles. The summed E-state index contributed by atoms with van der Waals surface area (Å²) >= 11 is 0. The van der Waals surface area contributed by atoms with Crippen molar-refractivity contribution in [2.75, 3.05) is 7.11 Å². The Morgan fingerprint density at radius 2 is 2.00 bits per heavy atom. The number of hydrogen-bond donors (Lipinski definition) is 1. The SMILES string of the molecule is CO[C@@H](Cc1ccccc1)[C@@H](C)C(=O)O. The molecule has 0 aliphatic heterocycles. The molecule has 3 nitrogen and oxygen atoms in total. The Morgan fingerprint density at radius 1 is 1.40 bits per heavy atom. The summed E-state index contributed by atoms with van der Waals surface area (Å²) in [7, 11) is 1.55. The second-order valence-corrected chi connectivity index (χ2v) is 3.59. The van der Waals surface area contributed by atoms with E-state index in [1.807, 2.05) is 30.3 Å². The molecule has 0 heterocycles. The predicted molar refractivity (Wildman–Crippen MR) is 57.7 cm³/mol. The molecule has 82 valence electrons. The topological polar surface area (TPSA) is 46.5 Å². The van der Waals surface area contributed by atoms with Gasteiger partial charge in [-0.15, -0.1) is 0 Å². The van der Waals surface area contributed by atoms with Crippen molar-refractivity contribution in [1.82, 2.24) is 0 Å². The number of aliphatic carboxylic acids is 1. The van der Waals surface area contributed by atoms with Crippen molar-refractivity contribution in [2.45, 2.75) is 19.4 Å². The minimum atomic E-state index is -0.821. The smallest absolute Gasteiger partial charge is 0.308 e. The van der Waals surface area contributed by atoms with E-state index in [0.29, 0.717) is 6.42 Å². The molecule has 0 bridgehead atoms. The van der Waals surface area contributed by atoms with Gasteiger partial charge in [0.15, 0.2) is 0 Å². The summed E-state index contributed by atoms with van der Waals surface area (Å²) in [6.07, 6.45) is 0.357. The molecule has 1 N–H and O–H groups in total. The van der Waals surface area contributed by atoms with E-state index >= 15 is 0 Å². The van der Waals surface area contributed by atoms with Gasteiger partial charge in [0, 0.05) is 7.11 Å². The summed E-state index contributed by atoms with van der Waals surface area (Å²) in [4.78, 5) is 10.8. The number of methoxy groups -OCH3 is 1. The number of carboxylic acids is 1. The Kier molecular flexibility index (Phi) is 4.31. The van der Waals surface area contributed by atoms with Crippen LogP contribution < -0.4 is 0 Å². The van der Waals surface area contributed by atoms with Crippen molar-refractivity contribution in [1.29, 1.82) is 0 Å². The molecule has 0 aromatic heterocycles. The molecular formula is C12H16O3. The zero-order valence-electron chi connectivity index (χ0n) is 9.01. The standard InChI is InChI=1S/C12H16O3/c1-9(12(13)14)11(15-2)8-10-6-4-3-5-7-10/h3-7,9,11H,8H2,1-2H3,(H,13,14)/t9-,11+/m1/s1. The number of ether oxygens (including phenoxy) is 1. The van der Waals surface area contributed by atoms with Gasteiger partial charge in [0.2, 0.25) is 0 Å². The number of hydrogen-bond acceptors (Lipinski definition) is 2. The Balaban J connectivity index is 2.66. The Labute approximate surface area is 89.7 Å². The van der Waals surface area contributed by atoms with Crippen molar-refractivity contribution >= 4 is 5.97 Å². The van der Waals surface area contributed by atoms with Gasteiger partial charge in [0.25, 0.3) is 0 Å². The second kappa shape index (κ2) is 5.51. The fourth-order valence-corrected chi connectivity index (χ4v) is 1.47. The lowest BCUT2D eigenvalue weighted by molar-refractivity contribution is -0.145. The van der Waals surface area contributed by atoms with E-state index in [4.69, 9.17) is 9.84 Å². The average Bonchev–Trinajstić information content (AvgIpc) is 2.26. The monoisotopic (exact) mass is 208 g/mol. The average molecular weight is 208 g/mol. The normalized spacial score (nSPS) is 14.5. The first-order valence-corrected chi connectivity index (χ1v) is 4.94. The zero-order valence-corrected chi connectivity index (χ0v) is 9.01. The van der Waals surface area contributed by atoms with Gasteiger partial charge < -0.3 is 9.84 Å². The van der Waals surface area contributed by atoms with Gasteiger partial charge in [0.1, 0.15) is 0 Å². The van der Waals surface area contributed by atoms with Crippen LogP contribution in [0.5, 0.6) is 0 Å². The third-order valence-electron chi connectivity index (χ3n) is 2.53. The van der Waals surface area contributed by atoms with Gasteiger partial charge in [-0.2, -0.15) is 0 Å². The number of carbonyl (C=O) groups is 1. The third kappa shape index (κ3) is 3.36. The fraction of sp³-hybridized carbons (Fsp3) is 0.417. The highest BCUT2D eigenvalue weighted by Crippen LogP contribution is 2.13. The van der Waals surface area contributed by atoms with E-state index in [1.165, 1.54) is 0 Å². The van der Waals surface area contributed by atoms with Crippen LogP contribution in [0.2, 0.25) is 0 Å². The number of benzene rings is 1. The number of carboxylic acid groups (broad SMARTS) is 1. The molecule has 0 amide bonds. The van der Waals surface area contributed by atoms with Crippen LogP contribution in [0, 0.1) is 5.92 Å². The Morgan fingerprint density at radius 3 is 2.47 bits per heavy atom. The van der Waals surface area contributed by atoms with E-state index in [1.54, 1.807) is 14.0 Å². The van der Waals surface area contributed by atoms with Gasteiger partial charge in [-0.25, -0.2) is 0 Å². The van der Waals surface area contributed by atoms with Crippen molar-refractivity contribution in [3.05, 3.63) is 35.9 Å². The van der Waals surface area contributed by atoms with Crippen LogP contribution in [0.3, 0.4) is 0 Å². The summed E-state index contributed by atoms with van der Waals surface area (Å²) in [6.45, 7) is 1.67. The summed E-state index contributed by atoms with van der Waals surface area (Å²) < 4.78 is 5.20. The molecule has 0 saturated heterocycles. The molecule has 0 unspecified atom stereocenters. The molecule has 3 heteroatoms. The van der Waals surface area contributed by atoms with Crippen LogP contribution in [0.4, 0.5) is 0 Å². The van der Waals surface area contributed by atoms with E-state index < -0.39 is 11.9 Å². The van der Waals surface area contributed by atoms with E-state index in [9.17, 15) is 4.79 Å². The maximum atomic E-state index is 10.8. The van der Waals surface area contributed by atoms with Crippen LogP contribution in [0.25, 0.3) is 0 Å². The first-order chi connectivity index (χ1) is 7.15. The lowest BCUT2D eigenvalue weighted by Crippen LogP contribution is -2.29. The van der Waals surface area contributed by atoms with Gasteiger partial charge >= 0.3 is 5.97 Å². The highest BCUT2D eigenvalue weighted by atomic mass is 16.5. The van der Waals surface area contributed by atoms with Crippen LogP contribution in [0.1, 0.15) is 12.5 Å². The maximum Gasteiger partial charge on any atom is 0.308 e. The Bertz CT molecular complexity index is 308. The zero-order chi connectivity index (χ0) is 11.3. The molecule has 1 rings (SSSR count). The quantitative estimate of drug-likeness (QED) is 0.804. The molecule has 15 heavy (non-hydrogen) atoms. The molecule has 0 fully saturated rings. The molecule has 2 atom stereocenters. The first kappa shape index (κ1) is 11.7. The largest absolute Gasteiger partial charge is 0.481 e. The summed E-state index contributed by atoms with van der Waals surface area (Å²) in [6, 6.07) is 9.76. The molecule has 0 radical (unpaired) electrons. The first-order valence-electron chi connectivity index (χ1n) is 4.94. The maximum absolute atomic E-state index is 10.8. The van der Waals surface area contributed by atoms with Crippen LogP contribution in [-0.2, 0) is 16.0 Å². The Hall–Kier alpha value is -1.35. The highest BCUT2D eigenvalue weighted by Gasteiger charge is 2.23. The molecular weight excluding hydrogens is 192 g/mol. The van der Waals surface area contributed by atoms with E-state index in [0.717, 1.165) is 5.56 Å². The predicted octanol–water partition coefficient (Wildman–Crippen LogP) is 1.96. The fourth-order valence-electron chi connectivity index (χ4n) is 1.47. The van der Waals surface area contributed by atoms with Gasteiger partial charge in [-0.3, -0.25) is 4.79 Å². The summed E-state index contributed by atoms with van der Waals surface area (Å²) in [5, 5.41) is 8.88. The third-order valence-corrected chi connectivity index (χ3v) is 2.53. The van der Waals surface area contributed by atoms with Crippen molar-refractivity contribution in [3.63, 3.8) is 0 Å². The molecule has 0 aliphatic carbocycles. The van der Waals surface area contributed by atoms with Gasteiger partial charge in [0.05, 0.1) is 12.0 Å². The molecule has 0 aliphatic rings. The van der Waals surface area contributed by atoms with Crippen molar-refractivity contribution < 1.29 is 14.6 Å². The van der Waals surface area contributed by atoms with Crippen molar-refractivity contribution in [2.24, 2.45) is 5.92 Å². The lowest BCUT2D eigenvalue weighted by atomic mass is 9.98. The van der Waals surface area contributed by atoms with Crippen LogP contribution >= 0.6 is 0 Å².